The van der Waals surface area contributed by atoms with Crippen molar-refractivity contribution in [2.75, 3.05) is 29.6 Å². The summed E-state index contributed by atoms with van der Waals surface area (Å²) in [6.45, 7) is 6.64. The molecule has 0 radical (unpaired) electrons. The summed E-state index contributed by atoms with van der Waals surface area (Å²) < 4.78 is 1.14. The topological polar surface area (TPSA) is 37.8 Å². The molecule has 1 aromatic heterocycles. The molecule has 0 saturated carbocycles. The van der Waals surface area contributed by atoms with Gasteiger partial charge >= 0.3 is 0 Å². The zero-order valence-corrected chi connectivity index (χ0v) is 15.6. The van der Waals surface area contributed by atoms with Gasteiger partial charge in [0.25, 0.3) is 0 Å². The summed E-state index contributed by atoms with van der Waals surface area (Å²) in [6.07, 6.45) is 0. The van der Waals surface area contributed by atoms with Gasteiger partial charge in [0.15, 0.2) is 0 Å². The lowest BCUT2D eigenvalue weighted by molar-refractivity contribution is 0.558. The average Bonchev–Trinajstić information content (AvgIpc) is 2.38. The van der Waals surface area contributed by atoms with E-state index in [4.69, 9.17) is 9.97 Å². The normalized spacial score (nSPS) is 20.4. The largest absolute Gasteiger partial charge is 0.372 e. The number of hydrogen-bond acceptors (Lipinski definition) is 5. The van der Waals surface area contributed by atoms with Gasteiger partial charge < -0.3 is 5.32 Å². The summed E-state index contributed by atoms with van der Waals surface area (Å²) in [7, 11) is 1.93. The molecule has 1 saturated heterocycles. The van der Waals surface area contributed by atoms with Gasteiger partial charge in [-0.3, -0.25) is 0 Å². The van der Waals surface area contributed by atoms with Gasteiger partial charge in [-0.2, -0.15) is 11.8 Å². The Bertz CT molecular complexity index is 454. The summed E-state index contributed by atoms with van der Waals surface area (Å²) in [5.74, 6) is 5.53. The lowest BCUT2D eigenvalue weighted by Gasteiger charge is -2.25. The van der Waals surface area contributed by atoms with E-state index in [1.54, 1.807) is 0 Å². The number of anilines is 1. The fourth-order valence-corrected chi connectivity index (χ4v) is 5.83. The molecular weight excluding hydrogens is 389 g/mol. The van der Waals surface area contributed by atoms with E-state index in [1.165, 1.54) is 11.5 Å². The second kappa shape index (κ2) is 6.39. The fraction of sp³-hybridized carbons (Fsp3) is 0.692. The molecular formula is C13H20IN3S2. The van der Waals surface area contributed by atoms with Crippen molar-refractivity contribution < 1.29 is 0 Å². The molecule has 0 bridgehead atoms. The van der Waals surface area contributed by atoms with Crippen molar-refractivity contribution >= 4 is 51.9 Å². The molecule has 1 aromatic rings. The second-order valence-corrected chi connectivity index (χ2v) is 9.07. The maximum Gasteiger partial charge on any atom is 0.144 e. The summed E-state index contributed by atoms with van der Waals surface area (Å²) >= 11 is 6.34. The van der Waals surface area contributed by atoms with Gasteiger partial charge in [0.1, 0.15) is 11.6 Å². The molecule has 1 aliphatic heterocycles. The lowest BCUT2D eigenvalue weighted by Crippen LogP contribution is -2.21. The second-order valence-electron chi connectivity index (χ2n) is 5.53. The van der Waals surface area contributed by atoms with Gasteiger partial charge in [0, 0.05) is 29.7 Å². The number of hydrogen-bond donors (Lipinski definition) is 1. The van der Waals surface area contributed by atoms with Crippen molar-refractivity contribution in [3.63, 3.8) is 0 Å². The van der Waals surface area contributed by atoms with Crippen molar-refractivity contribution in [2.45, 2.75) is 31.4 Å². The van der Waals surface area contributed by atoms with Crippen LogP contribution in [0.2, 0.25) is 0 Å². The van der Waals surface area contributed by atoms with Crippen molar-refractivity contribution in [3.8, 4) is 0 Å². The maximum absolute atomic E-state index is 4.88. The molecule has 2 heterocycles. The van der Waals surface area contributed by atoms with E-state index in [1.807, 2.05) is 30.6 Å². The minimum atomic E-state index is 0.0479. The standard InChI is InChI=1S/C13H20IN3S2/c1-13(2,3)10-9(14)12(15-4)17-11(16-10)8-7-18-5-6-19-8/h8H,5-7H2,1-4H3,(H,15,16,17). The van der Waals surface area contributed by atoms with Gasteiger partial charge in [-0.15, -0.1) is 11.8 Å². The first-order chi connectivity index (χ1) is 8.93. The fourth-order valence-electron chi connectivity index (χ4n) is 1.91. The minimum absolute atomic E-state index is 0.0479. The highest BCUT2D eigenvalue weighted by atomic mass is 127. The number of aromatic nitrogens is 2. The average molecular weight is 409 g/mol. The van der Waals surface area contributed by atoms with Gasteiger partial charge in [0.05, 0.1) is 14.5 Å². The van der Waals surface area contributed by atoms with E-state index < -0.39 is 0 Å². The predicted octanol–water partition coefficient (Wildman–Crippen LogP) is 3.94. The van der Waals surface area contributed by atoms with E-state index in [2.05, 4.69) is 48.7 Å². The van der Waals surface area contributed by atoms with E-state index in [9.17, 15) is 0 Å². The summed E-state index contributed by atoms with van der Waals surface area (Å²) in [5, 5.41) is 3.65. The first kappa shape index (κ1) is 15.7. The van der Waals surface area contributed by atoms with Crippen LogP contribution in [0.4, 0.5) is 5.82 Å². The van der Waals surface area contributed by atoms with E-state index in [0.29, 0.717) is 5.25 Å². The van der Waals surface area contributed by atoms with Crippen LogP contribution in [0.15, 0.2) is 0 Å². The lowest BCUT2D eigenvalue weighted by atomic mass is 9.92. The summed E-state index contributed by atoms with van der Waals surface area (Å²) in [4.78, 5) is 9.61. The van der Waals surface area contributed by atoms with E-state index in [0.717, 1.165) is 26.7 Å². The number of thioether (sulfide) groups is 2. The zero-order chi connectivity index (χ0) is 14.0. The van der Waals surface area contributed by atoms with Crippen LogP contribution < -0.4 is 5.32 Å². The van der Waals surface area contributed by atoms with Gasteiger partial charge in [-0.1, -0.05) is 20.8 Å². The van der Waals surface area contributed by atoms with E-state index in [-0.39, 0.29) is 5.41 Å². The third-order valence-electron chi connectivity index (χ3n) is 2.92. The molecule has 1 aliphatic rings. The molecule has 0 amide bonds. The Morgan fingerprint density at radius 3 is 2.53 bits per heavy atom. The van der Waals surface area contributed by atoms with Crippen molar-refractivity contribution in [2.24, 2.45) is 0 Å². The molecule has 6 heteroatoms. The van der Waals surface area contributed by atoms with Crippen LogP contribution in [0.3, 0.4) is 0 Å². The van der Waals surface area contributed by atoms with Gasteiger partial charge in [-0.05, 0) is 22.6 Å². The molecule has 1 fully saturated rings. The Kier molecular flexibility index (Phi) is 5.28. The summed E-state index contributed by atoms with van der Waals surface area (Å²) in [6, 6.07) is 0. The molecule has 0 aliphatic carbocycles. The van der Waals surface area contributed by atoms with Crippen molar-refractivity contribution in [1.29, 1.82) is 0 Å². The Morgan fingerprint density at radius 2 is 2.00 bits per heavy atom. The maximum atomic E-state index is 4.88. The molecule has 0 spiro atoms. The summed E-state index contributed by atoms with van der Waals surface area (Å²) in [5.41, 5.74) is 1.20. The van der Waals surface area contributed by atoms with Crippen LogP contribution in [0, 0.1) is 3.57 Å². The molecule has 106 valence electrons. The number of nitrogens with one attached hydrogen (secondary N) is 1. The minimum Gasteiger partial charge on any atom is -0.372 e. The molecule has 1 N–H and O–H groups in total. The Balaban J connectivity index is 2.44. The molecule has 1 unspecified atom stereocenters. The van der Waals surface area contributed by atoms with Crippen molar-refractivity contribution in [1.82, 2.24) is 9.97 Å². The molecule has 0 aromatic carbocycles. The highest BCUT2D eigenvalue weighted by molar-refractivity contribution is 14.1. The first-order valence-corrected chi connectivity index (χ1v) is 9.66. The van der Waals surface area contributed by atoms with Gasteiger partial charge in [0.2, 0.25) is 0 Å². The predicted molar refractivity (Wildman–Crippen MR) is 95.5 cm³/mol. The van der Waals surface area contributed by atoms with Crippen LogP contribution in [0.1, 0.15) is 37.5 Å². The van der Waals surface area contributed by atoms with Crippen LogP contribution in [0.25, 0.3) is 0 Å². The Morgan fingerprint density at radius 1 is 1.26 bits per heavy atom. The smallest absolute Gasteiger partial charge is 0.144 e. The van der Waals surface area contributed by atoms with E-state index >= 15 is 0 Å². The van der Waals surface area contributed by atoms with Crippen LogP contribution in [-0.2, 0) is 5.41 Å². The highest BCUT2D eigenvalue weighted by Gasteiger charge is 2.26. The molecule has 2 rings (SSSR count). The van der Waals surface area contributed by atoms with Crippen LogP contribution in [0.5, 0.6) is 0 Å². The Hall–Kier alpha value is 0.310. The third-order valence-corrected chi connectivity index (χ3v) is 6.69. The van der Waals surface area contributed by atoms with Gasteiger partial charge in [-0.25, -0.2) is 9.97 Å². The molecule has 19 heavy (non-hydrogen) atoms. The van der Waals surface area contributed by atoms with Crippen LogP contribution in [-0.4, -0.2) is 34.3 Å². The number of nitrogens with zero attached hydrogens (tertiary/aromatic N) is 2. The van der Waals surface area contributed by atoms with Crippen molar-refractivity contribution in [3.05, 3.63) is 15.1 Å². The SMILES string of the molecule is CNc1nc(C2CSCCS2)nc(C(C)(C)C)c1I. The quantitative estimate of drug-likeness (QED) is 0.749. The Labute approximate surface area is 137 Å². The monoisotopic (exact) mass is 409 g/mol. The number of halogens is 1. The third kappa shape index (κ3) is 3.69. The molecule has 3 nitrogen and oxygen atoms in total. The zero-order valence-electron chi connectivity index (χ0n) is 11.8. The molecule has 1 atom stereocenters. The first-order valence-electron chi connectivity index (χ1n) is 6.38. The number of rotatable bonds is 2. The highest BCUT2D eigenvalue weighted by Crippen LogP contribution is 2.37. The van der Waals surface area contributed by atoms with Crippen LogP contribution >= 0.6 is 46.1 Å².